The molecule has 2 aromatic heterocycles. The Bertz CT molecular complexity index is 1220. The minimum absolute atomic E-state index is 0.115. The summed E-state index contributed by atoms with van der Waals surface area (Å²) in [5.74, 6) is 1.04. The summed E-state index contributed by atoms with van der Waals surface area (Å²) in [6, 6.07) is 13.7. The molecule has 2 bridgehead atoms. The number of carbonyl (C=O) groups excluding carboxylic acids is 1. The van der Waals surface area contributed by atoms with Gasteiger partial charge in [0.2, 0.25) is 5.82 Å². The van der Waals surface area contributed by atoms with Gasteiger partial charge in [-0.1, -0.05) is 12.1 Å². The molecule has 1 aromatic carbocycles. The number of benzene rings is 1. The average molecular weight is 444 g/mol. The zero-order valence-corrected chi connectivity index (χ0v) is 18.8. The number of nitrogens with zero attached hydrogens (tertiary/aromatic N) is 4. The maximum atomic E-state index is 13.1. The van der Waals surface area contributed by atoms with Gasteiger partial charge in [-0.3, -0.25) is 4.79 Å². The molecule has 162 valence electrons. The summed E-state index contributed by atoms with van der Waals surface area (Å²) in [6.07, 6.45) is 5.60. The van der Waals surface area contributed by atoms with Crippen LogP contribution in [-0.4, -0.2) is 45.9 Å². The highest BCUT2D eigenvalue weighted by Gasteiger charge is 2.42. The molecule has 2 saturated heterocycles. The van der Waals surface area contributed by atoms with Gasteiger partial charge in [0.1, 0.15) is 10.9 Å². The maximum Gasteiger partial charge on any atom is 0.253 e. The van der Waals surface area contributed by atoms with Gasteiger partial charge < -0.3 is 10.2 Å². The van der Waals surface area contributed by atoms with Crippen LogP contribution in [0.5, 0.6) is 0 Å². The molecule has 3 unspecified atom stereocenters. The number of piperidine rings is 1. The predicted octanol–water partition coefficient (Wildman–Crippen LogP) is 4.19. The van der Waals surface area contributed by atoms with Gasteiger partial charge in [0.05, 0.1) is 5.69 Å². The summed E-state index contributed by atoms with van der Waals surface area (Å²) < 4.78 is 0. The molecule has 0 spiro atoms. The van der Waals surface area contributed by atoms with Crippen LogP contribution in [0.4, 0.5) is 0 Å². The Morgan fingerprint density at radius 2 is 1.84 bits per heavy atom. The molecule has 2 aliphatic heterocycles. The zero-order chi connectivity index (χ0) is 21.8. The van der Waals surface area contributed by atoms with E-state index >= 15 is 0 Å². The maximum absolute atomic E-state index is 13.1. The number of carbonyl (C=O) groups is 1. The van der Waals surface area contributed by atoms with E-state index in [0.29, 0.717) is 30.0 Å². The first-order valence-electron chi connectivity index (χ1n) is 11.4. The van der Waals surface area contributed by atoms with E-state index in [-0.39, 0.29) is 11.7 Å². The number of thiophene rings is 1. The molecular formula is C25H25N5OS. The molecule has 5 atom stereocenters. The molecule has 1 amide bonds. The van der Waals surface area contributed by atoms with Crippen LogP contribution in [0.2, 0.25) is 0 Å². The fourth-order valence-corrected chi connectivity index (χ4v) is 6.43. The van der Waals surface area contributed by atoms with E-state index in [0.717, 1.165) is 40.7 Å². The van der Waals surface area contributed by atoms with Gasteiger partial charge in [-0.2, -0.15) is 5.26 Å². The lowest BCUT2D eigenvalue weighted by atomic mass is 9.97. The zero-order valence-electron chi connectivity index (χ0n) is 18.0. The molecular weight excluding hydrogens is 418 g/mol. The predicted molar refractivity (Wildman–Crippen MR) is 124 cm³/mol. The van der Waals surface area contributed by atoms with Crippen molar-refractivity contribution in [3.05, 3.63) is 58.4 Å². The third-order valence-electron chi connectivity index (χ3n) is 7.50. The molecule has 6 rings (SSSR count). The highest BCUT2D eigenvalue weighted by molar-refractivity contribution is 7.16. The van der Waals surface area contributed by atoms with E-state index in [9.17, 15) is 10.1 Å². The smallest absolute Gasteiger partial charge is 0.253 e. The van der Waals surface area contributed by atoms with Gasteiger partial charge in [-0.05, 0) is 67.2 Å². The Labute approximate surface area is 191 Å². The van der Waals surface area contributed by atoms with Crippen LogP contribution < -0.4 is 5.32 Å². The number of fused-ring (bicyclic) bond motifs is 3. The van der Waals surface area contributed by atoms with Gasteiger partial charge >= 0.3 is 0 Å². The van der Waals surface area contributed by atoms with Crippen molar-refractivity contribution in [1.82, 2.24) is 20.2 Å². The molecule has 3 aromatic rings. The van der Waals surface area contributed by atoms with Crippen LogP contribution in [0, 0.1) is 11.3 Å². The molecule has 1 saturated carbocycles. The fourth-order valence-electron chi connectivity index (χ4n) is 5.66. The monoisotopic (exact) mass is 443 g/mol. The molecule has 1 N–H and O–H groups in total. The SMILES string of the molecule is CN(C(=O)c1ccc(C2CC2c2nc(C#N)nc3sccc23)cc1)C1C[C@H]2CC[C@@H](C1)N2. The van der Waals surface area contributed by atoms with Gasteiger partial charge in [-0.15, -0.1) is 11.3 Å². The highest BCUT2D eigenvalue weighted by Crippen LogP contribution is 2.55. The number of hydrogen-bond donors (Lipinski definition) is 1. The molecule has 1 aliphatic carbocycles. The van der Waals surface area contributed by atoms with Gasteiger partial charge in [0.15, 0.2) is 0 Å². The van der Waals surface area contributed by atoms with E-state index in [4.69, 9.17) is 0 Å². The van der Waals surface area contributed by atoms with Crippen molar-refractivity contribution < 1.29 is 4.79 Å². The summed E-state index contributed by atoms with van der Waals surface area (Å²) in [4.78, 5) is 24.8. The lowest BCUT2D eigenvalue weighted by Crippen LogP contribution is -2.48. The lowest BCUT2D eigenvalue weighted by molar-refractivity contribution is 0.0681. The summed E-state index contributed by atoms with van der Waals surface area (Å²) in [6.45, 7) is 0. The number of aromatic nitrogens is 2. The number of rotatable bonds is 4. The van der Waals surface area contributed by atoms with Gasteiger partial charge in [0, 0.05) is 42.0 Å². The van der Waals surface area contributed by atoms with E-state index in [1.807, 2.05) is 29.5 Å². The van der Waals surface area contributed by atoms with E-state index in [1.165, 1.54) is 18.4 Å². The lowest BCUT2D eigenvalue weighted by Gasteiger charge is -2.35. The summed E-state index contributed by atoms with van der Waals surface area (Å²) in [7, 11) is 1.95. The van der Waals surface area contributed by atoms with Gasteiger partial charge in [0.25, 0.3) is 5.91 Å². The van der Waals surface area contributed by atoms with Crippen molar-refractivity contribution in [3.8, 4) is 6.07 Å². The molecule has 6 nitrogen and oxygen atoms in total. The van der Waals surface area contributed by atoms with Crippen molar-refractivity contribution in [3.63, 3.8) is 0 Å². The quantitative estimate of drug-likeness (QED) is 0.654. The second kappa shape index (κ2) is 7.65. The minimum atomic E-state index is 0.115. The van der Waals surface area contributed by atoms with Crippen molar-refractivity contribution >= 4 is 27.5 Å². The molecule has 7 heteroatoms. The topological polar surface area (TPSA) is 81.9 Å². The Balaban J connectivity index is 1.17. The second-order valence-electron chi connectivity index (χ2n) is 9.43. The average Bonchev–Trinajstić information content (AvgIpc) is 3.35. The summed E-state index contributed by atoms with van der Waals surface area (Å²) in [5.41, 5.74) is 2.97. The Hall–Kier alpha value is -2.82. The van der Waals surface area contributed by atoms with Crippen molar-refractivity contribution in [2.45, 2.75) is 62.1 Å². The van der Waals surface area contributed by atoms with E-state index < -0.39 is 0 Å². The number of nitriles is 1. The van der Waals surface area contributed by atoms with Crippen molar-refractivity contribution in [2.24, 2.45) is 0 Å². The first-order valence-corrected chi connectivity index (χ1v) is 12.3. The first kappa shape index (κ1) is 19.8. The normalized spacial score (nSPS) is 28.4. The molecule has 32 heavy (non-hydrogen) atoms. The fraction of sp³-hybridized carbons (Fsp3) is 0.440. The third kappa shape index (κ3) is 3.39. The Kier molecular flexibility index (Phi) is 4.74. The summed E-state index contributed by atoms with van der Waals surface area (Å²) >= 11 is 1.55. The first-order chi connectivity index (χ1) is 15.6. The van der Waals surface area contributed by atoms with Crippen molar-refractivity contribution in [1.29, 1.82) is 5.26 Å². The number of hydrogen-bond acceptors (Lipinski definition) is 6. The van der Waals surface area contributed by atoms with Crippen LogP contribution in [0.3, 0.4) is 0 Å². The van der Waals surface area contributed by atoms with Crippen LogP contribution in [0.1, 0.15) is 71.4 Å². The highest BCUT2D eigenvalue weighted by atomic mass is 32.1. The minimum Gasteiger partial charge on any atom is -0.339 e. The molecule has 0 radical (unpaired) electrons. The van der Waals surface area contributed by atoms with E-state index in [2.05, 4.69) is 39.6 Å². The molecule has 3 aliphatic rings. The van der Waals surface area contributed by atoms with Crippen LogP contribution in [0.25, 0.3) is 10.2 Å². The van der Waals surface area contributed by atoms with Crippen molar-refractivity contribution in [2.75, 3.05) is 7.05 Å². The summed E-state index contributed by atoms with van der Waals surface area (Å²) in [5, 5.41) is 16.0. The second-order valence-corrected chi connectivity index (χ2v) is 10.3. The standard InChI is InChI=1S/C25H25N5OS/c1-30(18-10-16-6-7-17(11-18)27-16)25(31)15-4-2-14(3-5-15)20-12-21(20)23-19-8-9-32-24(19)29-22(13-26)28-23/h2-5,8-9,16-18,20-21,27H,6-7,10-12H2,1H3/t16-,17+,18?,20?,21?. The Morgan fingerprint density at radius 3 is 2.56 bits per heavy atom. The van der Waals surface area contributed by atoms with E-state index in [1.54, 1.807) is 11.3 Å². The van der Waals surface area contributed by atoms with Crippen LogP contribution in [-0.2, 0) is 0 Å². The third-order valence-corrected chi connectivity index (χ3v) is 8.30. The van der Waals surface area contributed by atoms with Crippen LogP contribution >= 0.6 is 11.3 Å². The molecule has 3 fully saturated rings. The largest absolute Gasteiger partial charge is 0.339 e. The van der Waals surface area contributed by atoms with Gasteiger partial charge in [-0.25, -0.2) is 9.97 Å². The van der Waals surface area contributed by atoms with Crippen LogP contribution in [0.15, 0.2) is 35.7 Å². The number of nitrogens with one attached hydrogen (secondary N) is 1. The number of amides is 1. The molecule has 4 heterocycles. The Morgan fingerprint density at radius 1 is 1.09 bits per heavy atom.